The Labute approximate surface area is 730 Å². The fourth-order valence-corrected chi connectivity index (χ4v) is 16.6. The molecule has 14 bridgehead atoms. The molecule has 35 N–H and O–H groups in total. The first kappa shape index (κ1) is 106. The Morgan fingerprint density at radius 2 is 0.477 bits per heavy atom. The van der Waals surface area contributed by atoms with Gasteiger partial charge in [-0.2, -0.15) is 0 Å². The minimum Gasteiger partial charge on any atom is -0.394 e. The Balaban J connectivity index is 0.802. The maximum absolute atomic E-state index is 14.3. The van der Waals surface area contributed by atoms with Crippen molar-refractivity contribution in [2.45, 2.75) is 338 Å². The van der Waals surface area contributed by atoms with E-state index in [-0.39, 0.29) is 30.9 Å². The average molecular weight is 1900 g/mol. The minimum atomic E-state index is -2.36. The van der Waals surface area contributed by atoms with Crippen molar-refractivity contribution in [1.82, 2.24) is 16.0 Å². The molecule has 0 aliphatic carbocycles. The van der Waals surface area contributed by atoms with E-state index in [1.807, 2.05) is 0 Å². The molecule has 24 heterocycles. The third kappa shape index (κ3) is 23.4. The van der Waals surface area contributed by atoms with E-state index in [9.17, 15) is 168 Å². The molecule has 24 aliphatic rings. The number of aliphatic hydroxyl groups is 32. The molecule has 0 aromatic carbocycles. The Morgan fingerprint density at radius 3 is 0.711 bits per heavy atom. The molecule has 0 radical (unpaired) electrons. The monoisotopic (exact) mass is 1900 g/mol. The van der Waals surface area contributed by atoms with Crippen LogP contribution in [0.1, 0.15) is 25.7 Å². The molecule has 24 aliphatic heterocycles. The van der Waals surface area contributed by atoms with Crippen molar-refractivity contribution in [3.8, 4) is 0 Å². The molecule has 0 saturated carbocycles. The van der Waals surface area contributed by atoms with E-state index < -0.39 is 411 Å². The number of carbonyl (C=O) groups is 1. The second-order valence-electron chi connectivity index (χ2n) is 32.8. The fourth-order valence-electron chi connectivity index (χ4n) is 16.4. The summed E-state index contributed by atoms with van der Waals surface area (Å²) in [6, 6.07) is 0. The summed E-state index contributed by atoms with van der Waals surface area (Å²) in [6.45, 7) is -13.1. The van der Waals surface area contributed by atoms with Crippen LogP contribution in [0, 0.1) is 0 Å². The smallest absolute Gasteiger partial charge is 0.220 e. The molecule has 50 atom stereocenters. The molecule has 1 amide bonds. The molecular formula is C71H121N3O53S. The van der Waals surface area contributed by atoms with Gasteiger partial charge in [0.25, 0.3) is 0 Å². The van der Waals surface area contributed by atoms with Gasteiger partial charge >= 0.3 is 0 Å². The first-order chi connectivity index (χ1) is 60.9. The molecule has 0 unspecified atom stereocenters. The first-order valence-electron chi connectivity index (χ1n) is 41.3. The van der Waals surface area contributed by atoms with Gasteiger partial charge in [-0.25, -0.2) is 0 Å². The normalized spacial score (nSPS) is 49.0. The number of aliphatic hydroxyl groups excluding tert-OH is 32. The van der Waals surface area contributed by atoms with Crippen LogP contribution in [0.2, 0.25) is 0 Å². The Morgan fingerprint density at radius 1 is 0.250 bits per heavy atom. The molecule has 56 nitrogen and oxygen atoms in total. The SMILES string of the molecule is O=C(CCCCCNC(=S)NC[C@H]1O[C@@H]2O[C@H]3[C@H](O)[C@H](O)[C@@H](O[C@H]4[C@H](O)[C@H](O)[C@@H](O[C@H]5[C@H](O)[C@@H](O)[C@@H](O[C@H]6[C@H](O)[C@@H](O)[C@@H](O[C@H]7[C@H](O)[C@@H](O)[C@@H](O[C@H]8[C@H](O)[C@@H](O)[C@@H](O[C@H]1[C@H](O)[C@H]2O)O[C@@H]8CO)O[C@@H]7CO)O[C@@H]6CO)O[C@@H]5CO)O[C@@H]4CO)O[C@@H]3CO)NC(CO[C@H]1O[C@H](CO)[C@@H](O)[C@H](O)[C@@H]1O)(CO[C@H]1O[C@H](CO)[C@@H](O)[C@H](O)[C@@H]1O)CO[C@H]1O[C@H](CO)[C@@H](O)[C@H](O)[C@@H]1O. The van der Waals surface area contributed by atoms with E-state index in [1.165, 1.54) is 0 Å². The molecule has 0 spiro atoms. The van der Waals surface area contributed by atoms with Gasteiger partial charge in [0.1, 0.15) is 250 Å². The number of amides is 1. The predicted molar refractivity (Wildman–Crippen MR) is 398 cm³/mol. The van der Waals surface area contributed by atoms with Crippen LogP contribution in [0.3, 0.4) is 0 Å². The van der Waals surface area contributed by atoms with Gasteiger partial charge in [-0.3, -0.25) is 4.79 Å². The summed E-state index contributed by atoms with van der Waals surface area (Å²) in [5, 5.41) is 361. The summed E-state index contributed by atoms with van der Waals surface area (Å²) in [5.41, 5.74) is -2.24. The number of thiocarbonyl (C=S) groups is 1. The third-order valence-electron chi connectivity index (χ3n) is 24.0. The van der Waals surface area contributed by atoms with Gasteiger partial charge < -0.3 is 274 Å². The number of nitrogens with one attached hydrogen (secondary N) is 3. The fraction of sp³-hybridized carbons (Fsp3) is 0.972. The van der Waals surface area contributed by atoms with Crippen molar-refractivity contribution in [2.24, 2.45) is 0 Å². The topological polar surface area (TPSA) is 885 Å². The minimum absolute atomic E-state index is 0.000391. The largest absolute Gasteiger partial charge is 0.394 e. The third-order valence-corrected chi connectivity index (χ3v) is 24.2. The summed E-state index contributed by atoms with van der Waals surface area (Å²) in [4.78, 5) is 14.3. The van der Waals surface area contributed by atoms with Crippen LogP contribution >= 0.6 is 12.2 Å². The number of hydrogen-bond donors (Lipinski definition) is 35. The van der Waals surface area contributed by atoms with Crippen molar-refractivity contribution in [1.29, 1.82) is 0 Å². The number of rotatable bonds is 27. The quantitative estimate of drug-likeness (QED) is 0.0268. The molecule has 24 fully saturated rings. The summed E-state index contributed by atoms with van der Waals surface area (Å²) in [7, 11) is 0. The van der Waals surface area contributed by atoms with E-state index in [2.05, 4.69) is 16.0 Å². The molecule has 0 aromatic heterocycles. The van der Waals surface area contributed by atoms with Crippen molar-refractivity contribution in [2.75, 3.05) is 92.4 Å². The van der Waals surface area contributed by atoms with Gasteiger partial charge in [0.15, 0.2) is 68.0 Å². The number of unbranched alkanes of at least 4 members (excludes halogenated alkanes) is 2. The summed E-state index contributed by atoms with van der Waals surface area (Å²) < 4.78 is 116. The number of hydrogen-bond acceptors (Lipinski definition) is 54. The van der Waals surface area contributed by atoms with Crippen molar-refractivity contribution in [3.05, 3.63) is 0 Å². The first-order valence-corrected chi connectivity index (χ1v) is 41.7. The van der Waals surface area contributed by atoms with Gasteiger partial charge in [0, 0.05) is 19.5 Å². The van der Waals surface area contributed by atoms with Crippen molar-refractivity contribution < 1.29 is 263 Å². The standard InChI is InChI=1S/C71H121N3O53S/c75-7-20-30(85)33(88)43(98)60(112-20)108-16-71(17-109-61-44(99)34(89)31(86)21(8-76)113-61,18-110-62-45(100)35(90)32(87)22(9-77)114-62)74-29(84)4-2-1-3-5-72-70(128)73-6-19-53-36(91)46(101)63(111-19)122-54-23(10-78)116-65(48(103)38(54)93)124-56-25(12-80)118-67(50(105)40(56)95)126-58-27(14-82)120-69(52(107)42(58)97)127-59-28(15-83)119-68(51(106)41(59)96)125-57-26(13-81)117-66(49(104)39(57)94)123-55-24(11-79)115-64(121-53)47(102)37(55)92/h19-28,30-69,75-83,85-107H,1-18H2,(H,74,84)(H2,72,73,128)/t19-,20-,21-,22-,23-,24-,25-,26-,27-,28-,30-,31-,32-,33+,34+,35+,36-,37-,38-,39-,40-,41-,42-,43+,44+,45+,46-,47-,48+,49-,50+,51-,52-,53-,54-,55-,56-,57-,58-,59-,60+,61+,62+,63-,64-,65-,66-,67-,68-,69-/m1/s1. The number of ether oxygens (including phenoxy) is 20. The molecule has 24 saturated heterocycles. The summed E-state index contributed by atoms with van der Waals surface area (Å²) in [5.74, 6) is -0.882. The van der Waals surface area contributed by atoms with Gasteiger partial charge in [-0.15, -0.1) is 0 Å². The van der Waals surface area contributed by atoms with Gasteiger partial charge in [-0.05, 0) is 25.1 Å². The Hall–Kier alpha value is -2.92. The molecule has 128 heavy (non-hydrogen) atoms. The van der Waals surface area contributed by atoms with E-state index in [1.54, 1.807) is 0 Å². The Kier molecular flexibility index (Phi) is 38.7. The lowest BCUT2D eigenvalue weighted by atomic mass is 9.95. The van der Waals surface area contributed by atoms with Gasteiger partial charge in [-0.1, -0.05) is 6.42 Å². The van der Waals surface area contributed by atoms with Crippen LogP contribution in [0.15, 0.2) is 0 Å². The average Bonchev–Trinajstić information content (AvgIpc) is 0.793. The predicted octanol–water partition coefficient (Wildman–Crippen LogP) is -22.9. The molecule has 744 valence electrons. The summed E-state index contributed by atoms with van der Waals surface area (Å²) >= 11 is 5.59. The highest BCUT2D eigenvalue weighted by atomic mass is 32.1. The van der Waals surface area contributed by atoms with Crippen LogP contribution in [-0.4, -0.2) is 579 Å². The van der Waals surface area contributed by atoms with Gasteiger partial charge in [0.05, 0.1) is 79.3 Å². The van der Waals surface area contributed by atoms with Crippen LogP contribution in [0.25, 0.3) is 0 Å². The molecule has 57 heteroatoms. The maximum Gasteiger partial charge on any atom is 0.220 e. The lowest BCUT2D eigenvalue weighted by Crippen LogP contribution is -2.68. The number of carbonyl (C=O) groups excluding carboxylic acids is 1. The lowest BCUT2D eigenvalue weighted by molar-refractivity contribution is -0.396. The van der Waals surface area contributed by atoms with E-state index in [4.69, 9.17) is 107 Å². The van der Waals surface area contributed by atoms with E-state index in [0.29, 0.717) is 0 Å². The van der Waals surface area contributed by atoms with Crippen molar-refractivity contribution >= 4 is 23.2 Å². The molecule has 24 rings (SSSR count). The Bertz CT molecular complexity index is 3240. The second kappa shape index (κ2) is 47.0. The zero-order valence-corrected chi connectivity index (χ0v) is 68.7. The van der Waals surface area contributed by atoms with Crippen LogP contribution < -0.4 is 16.0 Å². The molecule has 0 aromatic rings. The highest BCUT2D eigenvalue weighted by Gasteiger charge is 2.61. The van der Waals surface area contributed by atoms with Gasteiger partial charge in [0.2, 0.25) is 5.91 Å². The van der Waals surface area contributed by atoms with Crippen LogP contribution in [0.5, 0.6) is 0 Å². The summed E-state index contributed by atoms with van der Waals surface area (Å²) in [6.07, 6.45) is -103. The van der Waals surface area contributed by atoms with Crippen molar-refractivity contribution in [3.63, 3.8) is 0 Å². The van der Waals surface area contributed by atoms with E-state index >= 15 is 0 Å². The zero-order chi connectivity index (χ0) is 93.5. The zero-order valence-electron chi connectivity index (χ0n) is 67.9. The van der Waals surface area contributed by atoms with E-state index in [0.717, 1.165) is 0 Å². The lowest BCUT2D eigenvalue weighted by Gasteiger charge is -2.50. The molecular weight excluding hydrogens is 1770 g/mol. The maximum atomic E-state index is 14.3. The highest BCUT2D eigenvalue weighted by Crippen LogP contribution is 2.41. The van der Waals surface area contributed by atoms with Crippen LogP contribution in [-0.2, 0) is 99.5 Å². The second-order valence-corrected chi connectivity index (χ2v) is 33.2. The highest BCUT2D eigenvalue weighted by molar-refractivity contribution is 7.80. The van der Waals surface area contributed by atoms with Crippen LogP contribution in [0.4, 0.5) is 0 Å².